The molecule has 2 aromatic rings. The van der Waals surface area contributed by atoms with Gasteiger partial charge in [0.15, 0.2) is 0 Å². The van der Waals surface area contributed by atoms with Crippen LogP contribution in [0.3, 0.4) is 0 Å². The number of hydrogen-bond donors (Lipinski definition) is 2. The molecule has 0 unspecified atom stereocenters. The lowest BCUT2D eigenvalue weighted by Crippen LogP contribution is -2.49. The maximum Gasteiger partial charge on any atom is 0.454 e. The molecular weight excluding hydrogens is 546 g/mol. The van der Waals surface area contributed by atoms with Crippen molar-refractivity contribution in [1.29, 1.82) is 0 Å². The first-order valence-corrected chi connectivity index (χ1v) is 12.6. The second kappa shape index (κ2) is 11.6. The number of piperidine rings is 1. The molecule has 2 amide bonds. The van der Waals surface area contributed by atoms with E-state index in [-0.39, 0.29) is 44.1 Å². The number of primary amides is 1. The van der Waals surface area contributed by atoms with Gasteiger partial charge in [0.05, 0.1) is 36.7 Å². The number of aromatic nitrogens is 1. The first-order valence-electron chi connectivity index (χ1n) is 12.6. The van der Waals surface area contributed by atoms with Crippen molar-refractivity contribution in [2.45, 2.75) is 43.5 Å². The highest BCUT2D eigenvalue weighted by molar-refractivity contribution is 5.98. The van der Waals surface area contributed by atoms with Crippen LogP contribution in [0.4, 0.5) is 26.3 Å². The van der Waals surface area contributed by atoms with E-state index in [2.05, 4.69) is 4.98 Å². The molecule has 2 atom stereocenters. The van der Waals surface area contributed by atoms with Crippen molar-refractivity contribution in [2.75, 3.05) is 32.8 Å². The molecule has 218 valence electrons. The maximum atomic E-state index is 14.9. The van der Waals surface area contributed by atoms with Crippen molar-refractivity contribution in [3.63, 3.8) is 0 Å². The van der Waals surface area contributed by atoms with Gasteiger partial charge in [-0.1, -0.05) is 6.07 Å². The van der Waals surface area contributed by atoms with E-state index in [1.54, 1.807) is 12.1 Å². The molecule has 2 aliphatic rings. The summed E-state index contributed by atoms with van der Waals surface area (Å²) in [6, 6.07) is 6.02. The summed E-state index contributed by atoms with van der Waals surface area (Å²) in [6.45, 7) is -1.07. The molecule has 40 heavy (non-hydrogen) atoms. The quantitative estimate of drug-likeness (QED) is 0.469. The summed E-state index contributed by atoms with van der Waals surface area (Å²) >= 11 is 0. The zero-order valence-electron chi connectivity index (χ0n) is 21.2. The monoisotopic (exact) mass is 574 g/mol. The summed E-state index contributed by atoms with van der Waals surface area (Å²) in [5, 5.41) is 9.81. The molecule has 2 aliphatic heterocycles. The van der Waals surface area contributed by atoms with E-state index < -0.39 is 48.4 Å². The van der Waals surface area contributed by atoms with E-state index in [1.807, 2.05) is 0 Å². The van der Waals surface area contributed by atoms with Crippen LogP contribution in [0.15, 0.2) is 36.5 Å². The van der Waals surface area contributed by atoms with Crippen LogP contribution in [0, 0.1) is 11.7 Å². The molecule has 8 nitrogen and oxygen atoms in total. The molecule has 1 aromatic carbocycles. The molecule has 0 radical (unpaired) electrons. The van der Waals surface area contributed by atoms with E-state index >= 15 is 0 Å². The number of alkyl halides is 5. The van der Waals surface area contributed by atoms with Crippen molar-refractivity contribution in [1.82, 2.24) is 14.8 Å². The number of carbonyl (C=O) groups is 2. The zero-order valence-corrected chi connectivity index (χ0v) is 21.2. The van der Waals surface area contributed by atoms with Crippen LogP contribution < -0.4 is 10.5 Å². The van der Waals surface area contributed by atoms with Crippen molar-refractivity contribution in [2.24, 2.45) is 11.7 Å². The number of nitrogens with zero attached hydrogens (tertiary/aromatic N) is 3. The Labute approximate surface area is 225 Å². The SMILES string of the molecule is NC(=O)[C@@H]1C[C@@H](O)CN1C(=O)c1ccc(-c2ccc(OCC3CCN(CC(F)(F)C(F)(F)F)CC3)cn2)cc1F. The van der Waals surface area contributed by atoms with Crippen molar-refractivity contribution < 1.29 is 45.8 Å². The average Bonchev–Trinajstić information content (AvgIpc) is 3.29. The van der Waals surface area contributed by atoms with E-state index in [1.165, 1.54) is 18.3 Å². The topological polar surface area (TPSA) is 109 Å². The molecule has 14 heteroatoms. The van der Waals surface area contributed by atoms with E-state index in [9.17, 15) is 41.0 Å². The molecule has 0 spiro atoms. The third kappa shape index (κ3) is 6.66. The number of carbonyl (C=O) groups excluding carboxylic acids is 2. The summed E-state index contributed by atoms with van der Waals surface area (Å²) in [6.07, 6.45) is -4.31. The Kier molecular flexibility index (Phi) is 8.59. The third-order valence-corrected chi connectivity index (χ3v) is 7.13. The van der Waals surface area contributed by atoms with Gasteiger partial charge in [-0.05, 0) is 56.1 Å². The zero-order chi connectivity index (χ0) is 29.2. The predicted octanol–water partition coefficient (Wildman–Crippen LogP) is 3.24. The highest BCUT2D eigenvalue weighted by Gasteiger charge is 2.58. The number of likely N-dealkylation sites (tertiary alicyclic amines) is 2. The van der Waals surface area contributed by atoms with Crippen LogP contribution in [-0.2, 0) is 4.79 Å². The highest BCUT2D eigenvalue weighted by atomic mass is 19.4. The van der Waals surface area contributed by atoms with Gasteiger partial charge in [0.25, 0.3) is 5.91 Å². The lowest BCUT2D eigenvalue weighted by molar-refractivity contribution is -0.287. The first-order chi connectivity index (χ1) is 18.7. The van der Waals surface area contributed by atoms with Crippen LogP contribution in [-0.4, -0.2) is 88.7 Å². The molecule has 2 fully saturated rings. The fraction of sp³-hybridized carbons (Fsp3) is 0.500. The van der Waals surface area contributed by atoms with Gasteiger partial charge < -0.3 is 20.5 Å². The molecule has 0 saturated carbocycles. The minimum atomic E-state index is -5.58. The Morgan fingerprint density at radius 1 is 1.10 bits per heavy atom. The summed E-state index contributed by atoms with van der Waals surface area (Å²) in [7, 11) is 0. The minimum absolute atomic E-state index is 0.0147. The number of β-amino-alcohol motifs (C(OH)–C–C–N with tert-alkyl or cyclic N) is 1. The van der Waals surface area contributed by atoms with Crippen molar-refractivity contribution in [3.8, 4) is 17.0 Å². The fourth-order valence-electron chi connectivity index (χ4n) is 4.84. The Balaban J connectivity index is 1.30. The number of benzene rings is 1. The summed E-state index contributed by atoms with van der Waals surface area (Å²) in [5.41, 5.74) is 5.78. The van der Waals surface area contributed by atoms with Gasteiger partial charge in [-0.3, -0.25) is 19.5 Å². The molecule has 1 aromatic heterocycles. The lowest BCUT2D eigenvalue weighted by Gasteiger charge is -2.34. The number of nitrogens with two attached hydrogens (primary N) is 1. The van der Waals surface area contributed by atoms with Gasteiger partial charge in [-0.2, -0.15) is 22.0 Å². The van der Waals surface area contributed by atoms with Gasteiger partial charge >= 0.3 is 12.1 Å². The standard InChI is InChI=1S/C26H28F6N4O4/c27-20-9-16(1-3-19(20)24(39)36-12-17(37)10-22(36)23(33)38)21-4-2-18(11-34-21)40-13-15-5-7-35(8-6-15)14-25(28,29)26(30,31)32/h1-4,9,11,15,17,22,37H,5-8,10,12-14H2,(H2,33,38)/t17-,22+/m1/s1. The Morgan fingerprint density at radius 2 is 1.80 bits per heavy atom. The summed E-state index contributed by atoms with van der Waals surface area (Å²) < 4.78 is 84.4. The summed E-state index contributed by atoms with van der Waals surface area (Å²) in [5.74, 6) is -6.78. The molecular formula is C26H28F6N4O4. The predicted molar refractivity (Wildman–Crippen MR) is 130 cm³/mol. The number of aliphatic hydroxyl groups is 1. The van der Waals surface area contributed by atoms with Crippen LogP contribution in [0.25, 0.3) is 11.3 Å². The van der Waals surface area contributed by atoms with Gasteiger partial charge in [0.1, 0.15) is 17.6 Å². The smallest absolute Gasteiger partial charge is 0.454 e. The number of aliphatic hydroxyl groups excluding tert-OH is 1. The summed E-state index contributed by atoms with van der Waals surface area (Å²) in [4.78, 5) is 30.8. The fourth-order valence-corrected chi connectivity index (χ4v) is 4.84. The van der Waals surface area contributed by atoms with Crippen LogP contribution in [0.2, 0.25) is 0 Å². The Morgan fingerprint density at radius 3 is 2.38 bits per heavy atom. The number of amides is 2. The van der Waals surface area contributed by atoms with Gasteiger partial charge in [-0.15, -0.1) is 0 Å². The molecule has 2 saturated heterocycles. The van der Waals surface area contributed by atoms with E-state index in [0.717, 1.165) is 15.9 Å². The van der Waals surface area contributed by atoms with Crippen LogP contribution in [0.1, 0.15) is 29.6 Å². The average molecular weight is 575 g/mol. The molecule has 4 rings (SSSR count). The normalized spacial score (nSPS) is 21.0. The van der Waals surface area contributed by atoms with E-state index in [4.69, 9.17) is 10.5 Å². The second-order valence-electron chi connectivity index (χ2n) is 10.1. The van der Waals surface area contributed by atoms with E-state index in [0.29, 0.717) is 29.8 Å². The number of ether oxygens (including phenoxy) is 1. The molecule has 3 heterocycles. The van der Waals surface area contributed by atoms with Gasteiger partial charge in [-0.25, -0.2) is 4.39 Å². The lowest BCUT2D eigenvalue weighted by atomic mass is 9.97. The number of rotatable bonds is 8. The first kappa shape index (κ1) is 29.6. The maximum absolute atomic E-state index is 14.9. The number of pyridine rings is 1. The largest absolute Gasteiger partial charge is 0.492 e. The minimum Gasteiger partial charge on any atom is -0.492 e. The van der Waals surface area contributed by atoms with Gasteiger partial charge in [0, 0.05) is 18.5 Å². The number of hydrogen-bond acceptors (Lipinski definition) is 6. The third-order valence-electron chi connectivity index (χ3n) is 7.13. The van der Waals surface area contributed by atoms with Gasteiger partial charge in [0.2, 0.25) is 5.91 Å². The Hall–Kier alpha value is -3.39. The van der Waals surface area contributed by atoms with Crippen LogP contribution >= 0.6 is 0 Å². The molecule has 0 bridgehead atoms. The van der Waals surface area contributed by atoms with Crippen molar-refractivity contribution >= 4 is 11.8 Å². The van der Waals surface area contributed by atoms with Crippen molar-refractivity contribution in [3.05, 3.63) is 47.9 Å². The number of halogens is 6. The Bertz CT molecular complexity index is 1220. The van der Waals surface area contributed by atoms with Crippen LogP contribution in [0.5, 0.6) is 5.75 Å². The molecule has 0 aliphatic carbocycles. The second-order valence-corrected chi connectivity index (χ2v) is 10.1. The molecule has 3 N–H and O–H groups in total. The highest BCUT2D eigenvalue weighted by Crippen LogP contribution is 2.36.